The molecule has 2 atom stereocenters. The number of nitrogens with one attached hydrogen (secondary N) is 1. The molecule has 7 heteroatoms. The molecule has 1 amide bonds. The van der Waals surface area contributed by atoms with Crippen LogP contribution >= 0.6 is 0 Å². The van der Waals surface area contributed by atoms with Crippen molar-refractivity contribution in [1.29, 1.82) is 0 Å². The van der Waals surface area contributed by atoms with E-state index in [9.17, 15) is 14.4 Å². The van der Waals surface area contributed by atoms with Crippen LogP contribution < -0.4 is 11.1 Å². The minimum atomic E-state index is -1.24. The molecule has 16 heavy (non-hydrogen) atoms. The Morgan fingerprint density at radius 3 is 2.06 bits per heavy atom. The van der Waals surface area contributed by atoms with Gasteiger partial charge in [0.05, 0.1) is 12.5 Å². The number of carbonyl (C=O) groups is 3. The van der Waals surface area contributed by atoms with Crippen LogP contribution in [0, 0.1) is 5.92 Å². The molecule has 0 saturated heterocycles. The first kappa shape index (κ1) is 14.4. The minimum absolute atomic E-state index is 0.307. The van der Waals surface area contributed by atoms with E-state index in [1.807, 2.05) is 0 Å². The topological polar surface area (TPSA) is 130 Å². The number of carboxylic acids is 2. The average Bonchev–Trinajstić information content (AvgIpc) is 2.11. The van der Waals surface area contributed by atoms with Gasteiger partial charge in [-0.05, 0) is 5.92 Å². The molecule has 1 unspecified atom stereocenters. The predicted molar refractivity (Wildman–Crippen MR) is 54.6 cm³/mol. The summed E-state index contributed by atoms with van der Waals surface area (Å²) >= 11 is 0. The first-order valence-electron chi connectivity index (χ1n) is 4.76. The Morgan fingerprint density at radius 2 is 1.75 bits per heavy atom. The smallest absolute Gasteiger partial charge is 0.326 e. The van der Waals surface area contributed by atoms with Gasteiger partial charge in [-0.25, -0.2) is 4.79 Å². The van der Waals surface area contributed by atoms with Crippen LogP contribution in [0.3, 0.4) is 0 Å². The molecule has 0 bridgehead atoms. The van der Waals surface area contributed by atoms with E-state index in [1.165, 1.54) is 0 Å². The van der Waals surface area contributed by atoms with Crippen molar-refractivity contribution in [2.45, 2.75) is 32.4 Å². The van der Waals surface area contributed by atoms with Gasteiger partial charge < -0.3 is 21.3 Å². The summed E-state index contributed by atoms with van der Waals surface area (Å²) in [4.78, 5) is 32.4. The van der Waals surface area contributed by atoms with Crippen LogP contribution in [-0.2, 0) is 14.4 Å². The highest BCUT2D eigenvalue weighted by Crippen LogP contribution is 2.02. The van der Waals surface area contributed by atoms with Gasteiger partial charge in [-0.3, -0.25) is 9.59 Å². The second-order valence-electron chi connectivity index (χ2n) is 3.77. The molecule has 0 spiro atoms. The van der Waals surface area contributed by atoms with E-state index in [0.29, 0.717) is 0 Å². The fourth-order valence-electron chi connectivity index (χ4n) is 1.05. The summed E-state index contributed by atoms with van der Waals surface area (Å²) in [5.41, 5.74) is 5.28. The van der Waals surface area contributed by atoms with Crippen LogP contribution in [0.4, 0.5) is 0 Å². The highest BCUT2D eigenvalue weighted by Gasteiger charge is 2.26. The fourth-order valence-corrected chi connectivity index (χ4v) is 1.05. The van der Waals surface area contributed by atoms with E-state index in [1.54, 1.807) is 13.8 Å². The molecule has 0 heterocycles. The molecule has 0 aromatic heterocycles. The van der Waals surface area contributed by atoms with Crippen LogP contribution in [0.1, 0.15) is 20.3 Å². The Balaban J connectivity index is 4.40. The van der Waals surface area contributed by atoms with Crippen LogP contribution in [0.5, 0.6) is 0 Å². The Morgan fingerprint density at radius 1 is 1.25 bits per heavy atom. The summed E-state index contributed by atoms with van der Waals surface area (Å²) in [6, 6.07) is -2.30. The number of hydrogen-bond donors (Lipinski definition) is 4. The number of carbonyl (C=O) groups excluding carboxylic acids is 1. The largest absolute Gasteiger partial charge is 0.481 e. The summed E-state index contributed by atoms with van der Waals surface area (Å²) < 4.78 is 0. The van der Waals surface area contributed by atoms with Crippen molar-refractivity contribution >= 4 is 17.8 Å². The maximum atomic E-state index is 11.3. The third kappa shape index (κ3) is 4.74. The van der Waals surface area contributed by atoms with Crippen LogP contribution in [0.25, 0.3) is 0 Å². The van der Waals surface area contributed by atoms with Crippen LogP contribution in [-0.4, -0.2) is 40.1 Å². The van der Waals surface area contributed by atoms with Crippen molar-refractivity contribution in [2.75, 3.05) is 0 Å². The van der Waals surface area contributed by atoms with Gasteiger partial charge in [-0.2, -0.15) is 0 Å². The first-order chi connectivity index (χ1) is 7.25. The van der Waals surface area contributed by atoms with Gasteiger partial charge in [-0.1, -0.05) is 13.8 Å². The van der Waals surface area contributed by atoms with E-state index in [2.05, 4.69) is 5.32 Å². The molecule has 0 aromatic carbocycles. The molecule has 92 valence electrons. The highest BCUT2D eigenvalue weighted by molar-refractivity contribution is 5.89. The number of amides is 1. The Hall–Kier alpha value is -1.63. The molecular weight excluding hydrogens is 216 g/mol. The lowest BCUT2D eigenvalue weighted by atomic mass is 10.0. The molecule has 0 aliphatic heterocycles. The summed E-state index contributed by atoms with van der Waals surface area (Å²) in [5, 5.41) is 19.4. The molecule has 0 aromatic rings. The Bertz CT molecular complexity index is 290. The van der Waals surface area contributed by atoms with Crippen LogP contribution in [0.2, 0.25) is 0 Å². The zero-order valence-corrected chi connectivity index (χ0v) is 9.14. The molecule has 5 N–H and O–H groups in total. The Labute approximate surface area is 92.6 Å². The molecule has 7 nitrogen and oxygen atoms in total. The van der Waals surface area contributed by atoms with Gasteiger partial charge in [0.2, 0.25) is 5.91 Å². The molecule has 0 rings (SSSR count). The zero-order chi connectivity index (χ0) is 12.9. The van der Waals surface area contributed by atoms with Gasteiger partial charge in [-0.15, -0.1) is 0 Å². The van der Waals surface area contributed by atoms with Crippen molar-refractivity contribution < 1.29 is 24.6 Å². The van der Waals surface area contributed by atoms with Gasteiger partial charge >= 0.3 is 11.9 Å². The lowest BCUT2D eigenvalue weighted by Gasteiger charge is -2.19. The van der Waals surface area contributed by atoms with E-state index in [-0.39, 0.29) is 5.92 Å². The molecule has 0 aliphatic carbocycles. The second kappa shape index (κ2) is 6.06. The number of nitrogens with two attached hydrogens (primary N) is 1. The summed E-state index contributed by atoms with van der Waals surface area (Å²) in [5.74, 6) is -3.47. The van der Waals surface area contributed by atoms with Gasteiger partial charge in [0.1, 0.15) is 6.04 Å². The molecule has 0 aliphatic rings. The van der Waals surface area contributed by atoms with Crippen molar-refractivity contribution in [3.8, 4) is 0 Å². The normalized spacial score (nSPS) is 14.2. The average molecular weight is 232 g/mol. The van der Waals surface area contributed by atoms with Gasteiger partial charge in [0.15, 0.2) is 0 Å². The Kier molecular flexibility index (Phi) is 5.44. The molecule has 0 radical (unpaired) electrons. The van der Waals surface area contributed by atoms with Crippen molar-refractivity contribution in [1.82, 2.24) is 5.32 Å². The number of hydrogen-bond acceptors (Lipinski definition) is 4. The van der Waals surface area contributed by atoms with Gasteiger partial charge in [0.25, 0.3) is 0 Å². The minimum Gasteiger partial charge on any atom is -0.481 e. The summed E-state index contributed by atoms with van der Waals surface area (Å²) in [6.45, 7) is 3.25. The zero-order valence-electron chi connectivity index (χ0n) is 9.14. The van der Waals surface area contributed by atoms with Crippen molar-refractivity contribution in [2.24, 2.45) is 11.7 Å². The van der Waals surface area contributed by atoms with E-state index < -0.39 is 36.4 Å². The van der Waals surface area contributed by atoms with Gasteiger partial charge in [0, 0.05) is 0 Å². The number of carboxylic acid groups (broad SMARTS) is 2. The maximum absolute atomic E-state index is 11.3. The molecule has 0 saturated carbocycles. The lowest BCUT2D eigenvalue weighted by Crippen LogP contribution is -2.51. The quantitative estimate of drug-likeness (QED) is 0.465. The first-order valence-corrected chi connectivity index (χ1v) is 4.76. The lowest BCUT2D eigenvalue weighted by molar-refractivity contribution is -0.143. The number of aliphatic carboxylic acids is 2. The third-order valence-electron chi connectivity index (χ3n) is 1.96. The molecule has 0 fully saturated rings. The second-order valence-corrected chi connectivity index (χ2v) is 3.77. The van der Waals surface area contributed by atoms with Crippen molar-refractivity contribution in [3.63, 3.8) is 0 Å². The third-order valence-corrected chi connectivity index (χ3v) is 1.96. The van der Waals surface area contributed by atoms with E-state index in [0.717, 1.165) is 0 Å². The standard InChI is InChI=1S/C9H16N2O5/c1-4(2)7(9(15)16)11-8(14)5(10)3-6(12)13/h4-5,7H,3,10H2,1-2H3,(H,11,14)(H,12,13)(H,15,16)/t5?,7-/m1/s1. The SMILES string of the molecule is CC(C)[C@@H](NC(=O)C(N)CC(=O)O)C(=O)O. The number of rotatable bonds is 6. The van der Waals surface area contributed by atoms with Crippen LogP contribution in [0.15, 0.2) is 0 Å². The molecular formula is C9H16N2O5. The fraction of sp³-hybridized carbons (Fsp3) is 0.667. The highest BCUT2D eigenvalue weighted by atomic mass is 16.4. The van der Waals surface area contributed by atoms with E-state index >= 15 is 0 Å². The summed E-state index contributed by atoms with van der Waals surface area (Å²) in [7, 11) is 0. The maximum Gasteiger partial charge on any atom is 0.326 e. The summed E-state index contributed by atoms with van der Waals surface area (Å²) in [6.07, 6.45) is -0.531. The monoisotopic (exact) mass is 232 g/mol. The van der Waals surface area contributed by atoms with Crippen molar-refractivity contribution in [3.05, 3.63) is 0 Å². The predicted octanol–water partition coefficient (Wildman–Crippen LogP) is -0.986. The van der Waals surface area contributed by atoms with E-state index in [4.69, 9.17) is 15.9 Å².